The molecule has 0 bridgehead atoms. The highest BCUT2D eigenvalue weighted by atomic mass is 16.1. The van der Waals surface area contributed by atoms with Crippen molar-refractivity contribution in [3.05, 3.63) is 35.9 Å². The van der Waals surface area contributed by atoms with Crippen molar-refractivity contribution in [2.45, 2.75) is 18.8 Å². The van der Waals surface area contributed by atoms with Crippen molar-refractivity contribution in [2.24, 2.45) is 0 Å². The Labute approximate surface area is 92.2 Å². The van der Waals surface area contributed by atoms with Gasteiger partial charge in [0.2, 0.25) is 5.95 Å². The Bertz CT molecular complexity index is 516. The van der Waals surface area contributed by atoms with Crippen molar-refractivity contribution in [1.29, 1.82) is 0 Å². The van der Waals surface area contributed by atoms with E-state index in [1.165, 1.54) is 0 Å². The molecule has 0 spiro atoms. The molecule has 3 rings (SSSR count). The van der Waals surface area contributed by atoms with E-state index >= 15 is 0 Å². The molecule has 0 unspecified atom stereocenters. The lowest BCUT2D eigenvalue weighted by Gasteiger charge is -1.96. The smallest absolute Gasteiger partial charge is 0.250 e. The third kappa shape index (κ3) is 1.50. The van der Waals surface area contributed by atoms with Gasteiger partial charge in [0.1, 0.15) is 0 Å². The molecule has 1 aliphatic carbocycles. The lowest BCUT2D eigenvalue weighted by Crippen LogP contribution is -2.00. The van der Waals surface area contributed by atoms with Gasteiger partial charge in [-0.1, -0.05) is 0 Å². The molecule has 0 aromatic carbocycles. The molecule has 0 saturated heterocycles. The summed E-state index contributed by atoms with van der Waals surface area (Å²) < 4.78 is 1.57. The quantitative estimate of drug-likeness (QED) is 0.723. The van der Waals surface area contributed by atoms with Crippen LogP contribution >= 0.6 is 0 Å². The second-order valence-corrected chi connectivity index (χ2v) is 3.86. The molecule has 1 aliphatic rings. The summed E-state index contributed by atoms with van der Waals surface area (Å²) in [5, 5.41) is 4.37. The third-order valence-corrected chi connectivity index (χ3v) is 2.62. The Morgan fingerprint density at radius 3 is 2.69 bits per heavy atom. The molecule has 2 aromatic heterocycles. The van der Waals surface area contributed by atoms with E-state index < -0.39 is 0 Å². The lowest BCUT2D eigenvalue weighted by atomic mass is 10.2. The van der Waals surface area contributed by atoms with Crippen LogP contribution in [0, 0.1) is 0 Å². The van der Waals surface area contributed by atoms with E-state index in [1.54, 1.807) is 29.3 Å². The van der Waals surface area contributed by atoms with Gasteiger partial charge in [0.05, 0.1) is 11.3 Å². The molecule has 0 amide bonds. The maximum Gasteiger partial charge on any atom is 0.250 e. The summed E-state index contributed by atoms with van der Waals surface area (Å²) in [6.45, 7) is 0. The van der Waals surface area contributed by atoms with Crippen LogP contribution in [-0.2, 0) is 0 Å². The number of carbonyl (C=O) groups excluding carboxylic acids is 1. The molecule has 0 atom stereocenters. The van der Waals surface area contributed by atoms with Gasteiger partial charge in [-0.2, -0.15) is 5.10 Å². The minimum Gasteiger partial charge on any atom is -0.298 e. The molecule has 5 nitrogen and oxygen atoms in total. The van der Waals surface area contributed by atoms with Gasteiger partial charge in [-0.25, -0.2) is 14.6 Å². The first kappa shape index (κ1) is 9.21. The molecule has 2 heterocycles. The normalized spacial score (nSPS) is 15.0. The molecule has 0 radical (unpaired) electrons. The standard InChI is InChI=1S/C11H10N4O/c16-7-9-6-15(11-12-4-1-5-13-11)14-10(9)8-2-3-8/h1,4-8H,2-3H2. The fourth-order valence-electron chi connectivity index (χ4n) is 1.68. The highest BCUT2D eigenvalue weighted by Crippen LogP contribution is 2.40. The van der Waals surface area contributed by atoms with Gasteiger partial charge < -0.3 is 0 Å². The molecule has 1 saturated carbocycles. The predicted molar refractivity (Wildman–Crippen MR) is 56.5 cm³/mol. The monoisotopic (exact) mass is 214 g/mol. The van der Waals surface area contributed by atoms with Crippen LogP contribution in [0.25, 0.3) is 5.95 Å². The highest BCUT2D eigenvalue weighted by Gasteiger charge is 2.29. The maximum absolute atomic E-state index is 10.9. The SMILES string of the molecule is O=Cc1cn(-c2ncccn2)nc1C1CC1. The summed E-state index contributed by atoms with van der Waals surface area (Å²) in [6, 6.07) is 1.75. The van der Waals surface area contributed by atoms with Crippen molar-refractivity contribution < 1.29 is 4.79 Å². The zero-order valence-corrected chi connectivity index (χ0v) is 8.58. The fraction of sp³-hybridized carbons (Fsp3) is 0.273. The summed E-state index contributed by atoms with van der Waals surface area (Å²) in [4.78, 5) is 19.1. The largest absolute Gasteiger partial charge is 0.298 e. The number of rotatable bonds is 3. The zero-order valence-electron chi connectivity index (χ0n) is 8.58. The molecule has 16 heavy (non-hydrogen) atoms. The van der Waals surface area contributed by atoms with Crippen molar-refractivity contribution >= 4 is 6.29 Å². The van der Waals surface area contributed by atoms with Gasteiger partial charge in [-0.3, -0.25) is 4.79 Å². The topological polar surface area (TPSA) is 60.7 Å². The van der Waals surface area contributed by atoms with Crippen LogP contribution in [0.1, 0.15) is 34.8 Å². The molecular weight excluding hydrogens is 204 g/mol. The maximum atomic E-state index is 10.9. The van der Waals surface area contributed by atoms with E-state index in [1.807, 2.05) is 0 Å². The first-order valence-corrected chi connectivity index (χ1v) is 5.20. The summed E-state index contributed by atoms with van der Waals surface area (Å²) in [7, 11) is 0. The average molecular weight is 214 g/mol. The van der Waals surface area contributed by atoms with E-state index in [-0.39, 0.29) is 0 Å². The number of carbonyl (C=O) groups is 1. The summed E-state index contributed by atoms with van der Waals surface area (Å²) >= 11 is 0. The minimum atomic E-state index is 0.449. The van der Waals surface area contributed by atoms with Crippen LogP contribution in [-0.4, -0.2) is 26.0 Å². The Kier molecular flexibility index (Phi) is 2.02. The number of nitrogens with zero attached hydrogens (tertiary/aromatic N) is 4. The van der Waals surface area contributed by atoms with Crippen LogP contribution in [0.4, 0.5) is 0 Å². The van der Waals surface area contributed by atoms with Crippen LogP contribution in [0.2, 0.25) is 0 Å². The second kappa shape index (κ2) is 3.52. The van der Waals surface area contributed by atoms with Gasteiger partial charge in [-0.05, 0) is 18.9 Å². The Morgan fingerprint density at radius 2 is 2.06 bits per heavy atom. The average Bonchev–Trinajstić information content (AvgIpc) is 3.10. The highest BCUT2D eigenvalue weighted by molar-refractivity contribution is 5.76. The Hall–Kier alpha value is -2.04. The molecule has 80 valence electrons. The molecule has 1 fully saturated rings. The van der Waals surface area contributed by atoms with E-state index in [0.717, 1.165) is 24.8 Å². The van der Waals surface area contributed by atoms with E-state index in [9.17, 15) is 4.79 Å². The number of aldehydes is 1. The molecule has 0 N–H and O–H groups in total. The number of aromatic nitrogens is 4. The Morgan fingerprint density at radius 1 is 1.31 bits per heavy atom. The van der Waals surface area contributed by atoms with E-state index in [0.29, 0.717) is 17.4 Å². The first-order valence-electron chi connectivity index (χ1n) is 5.20. The molecule has 0 aliphatic heterocycles. The minimum absolute atomic E-state index is 0.449. The molecule has 2 aromatic rings. The second-order valence-electron chi connectivity index (χ2n) is 3.86. The van der Waals surface area contributed by atoms with Crippen LogP contribution in [0.5, 0.6) is 0 Å². The van der Waals surface area contributed by atoms with Crippen molar-refractivity contribution in [1.82, 2.24) is 19.7 Å². The van der Waals surface area contributed by atoms with Gasteiger partial charge in [0.15, 0.2) is 6.29 Å². The predicted octanol–water partition coefficient (Wildman–Crippen LogP) is 1.35. The van der Waals surface area contributed by atoms with Crippen LogP contribution in [0.3, 0.4) is 0 Å². The van der Waals surface area contributed by atoms with Crippen molar-refractivity contribution in [3.63, 3.8) is 0 Å². The fourth-order valence-corrected chi connectivity index (χ4v) is 1.68. The summed E-state index contributed by atoms with van der Waals surface area (Å²) in [6.07, 6.45) is 8.08. The Balaban J connectivity index is 2.05. The van der Waals surface area contributed by atoms with Gasteiger partial charge in [-0.15, -0.1) is 0 Å². The van der Waals surface area contributed by atoms with Gasteiger partial charge in [0, 0.05) is 24.5 Å². The molecule has 5 heteroatoms. The van der Waals surface area contributed by atoms with Crippen molar-refractivity contribution in [3.8, 4) is 5.95 Å². The zero-order chi connectivity index (χ0) is 11.0. The molecular formula is C11H10N4O. The van der Waals surface area contributed by atoms with Gasteiger partial charge in [0.25, 0.3) is 0 Å². The van der Waals surface area contributed by atoms with Crippen molar-refractivity contribution in [2.75, 3.05) is 0 Å². The summed E-state index contributed by atoms with van der Waals surface area (Å²) in [5.74, 6) is 0.947. The summed E-state index contributed by atoms with van der Waals surface area (Å²) in [5.41, 5.74) is 1.53. The van der Waals surface area contributed by atoms with Gasteiger partial charge >= 0.3 is 0 Å². The van der Waals surface area contributed by atoms with E-state index in [2.05, 4.69) is 15.1 Å². The van der Waals surface area contributed by atoms with Crippen LogP contribution < -0.4 is 0 Å². The third-order valence-electron chi connectivity index (χ3n) is 2.62. The van der Waals surface area contributed by atoms with Crippen LogP contribution in [0.15, 0.2) is 24.7 Å². The first-order chi connectivity index (χ1) is 7.88. The van der Waals surface area contributed by atoms with E-state index in [4.69, 9.17) is 0 Å². The number of hydrogen-bond acceptors (Lipinski definition) is 4. The number of hydrogen-bond donors (Lipinski definition) is 0. The lowest BCUT2D eigenvalue weighted by molar-refractivity contribution is 0.112.